The van der Waals surface area contributed by atoms with Crippen molar-refractivity contribution in [1.29, 1.82) is 0 Å². The third-order valence-electron chi connectivity index (χ3n) is 4.27. The van der Waals surface area contributed by atoms with E-state index in [1.165, 1.54) is 4.90 Å². The molecule has 0 bridgehead atoms. The summed E-state index contributed by atoms with van der Waals surface area (Å²) in [6.45, 7) is -0.637. The number of β-amino-alcohol motifs (C(OH)–C–C–N with tert-alkyl or cyclic N) is 1. The molecule has 1 saturated carbocycles. The van der Waals surface area contributed by atoms with Gasteiger partial charge in [0.05, 0.1) is 0 Å². The van der Waals surface area contributed by atoms with Gasteiger partial charge >= 0.3 is 12.1 Å². The Bertz CT molecular complexity index is 348. The van der Waals surface area contributed by atoms with Crippen LogP contribution in [0.25, 0.3) is 0 Å². The lowest BCUT2D eigenvalue weighted by Gasteiger charge is -2.34. The zero-order valence-electron chi connectivity index (χ0n) is 10.4. The molecule has 0 amide bonds. The van der Waals surface area contributed by atoms with Crippen LogP contribution in [0.5, 0.6) is 0 Å². The number of nitrogens with zero attached hydrogens (tertiary/aromatic N) is 1. The van der Waals surface area contributed by atoms with E-state index in [1.807, 2.05) is 0 Å². The Balaban J connectivity index is 2.11. The van der Waals surface area contributed by atoms with E-state index < -0.39 is 30.8 Å². The highest BCUT2D eigenvalue weighted by Gasteiger charge is 2.49. The first-order chi connectivity index (χ1) is 8.80. The minimum Gasteiger partial charge on any atom is -0.480 e. The van der Waals surface area contributed by atoms with E-state index in [-0.39, 0.29) is 12.0 Å². The molecule has 2 fully saturated rings. The number of aliphatic hydroxyl groups excluding tert-OH is 1. The Morgan fingerprint density at radius 1 is 1.32 bits per heavy atom. The minimum atomic E-state index is -4.70. The number of aliphatic carboxylic acids is 1. The highest BCUT2D eigenvalue weighted by Crippen LogP contribution is 2.40. The number of alkyl halides is 3. The monoisotopic (exact) mass is 281 g/mol. The lowest BCUT2D eigenvalue weighted by molar-refractivity contribution is -0.210. The van der Waals surface area contributed by atoms with Crippen LogP contribution in [-0.2, 0) is 4.79 Å². The molecule has 4 unspecified atom stereocenters. The smallest absolute Gasteiger partial charge is 0.415 e. The number of aliphatic hydroxyl groups is 1. The fourth-order valence-corrected chi connectivity index (χ4v) is 3.36. The number of carboxylic acid groups (broad SMARTS) is 1. The predicted octanol–water partition coefficient (Wildman–Crippen LogP) is 1.63. The standard InChI is InChI=1S/C12H18F3NO3/c13-12(14,15)10(17)6-16-8-4-2-1-3-7(8)5-9(16)11(18)19/h7-10,17H,1-6H2,(H,18,19). The summed E-state index contributed by atoms with van der Waals surface area (Å²) in [5, 5.41) is 18.3. The molecule has 1 saturated heterocycles. The molecule has 0 aromatic rings. The van der Waals surface area contributed by atoms with Crippen LogP contribution in [-0.4, -0.2) is 52.0 Å². The summed E-state index contributed by atoms with van der Waals surface area (Å²) >= 11 is 0. The molecule has 2 aliphatic rings. The van der Waals surface area contributed by atoms with Crippen LogP contribution in [0.2, 0.25) is 0 Å². The van der Waals surface area contributed by atoms with Gasteiger partial charge < -0.3 is 10.2 Å². The molecule has 1 heterocycles. The van der Waals surface area contributed by atoms with Gasteiger partial charge in [-0.25, -0.2) is 0 Å². The predicted molar refractivity (Wildman–Crippen MR) is 60.6 cm³/mol. The van der Waals surface area contributed by atoms with Gasteiger partial charge in [0.15, 0.2) is 6.10 Å². The molecule has 110 valence electrons. The molecule has 0 radical (unpaired) electrons. The fraction of sp³-hybridized carbons (Fsp3) is 0.917. The number of rotatable bonds is 3. The number of halogens is 3. The van der Waals surface area contributed by atoms with E-state index in [2.05, 4.69) is 0 Å². The maximum Gasteiger partial charge on any atom is 0.415 e. The van der Waals surface area contributed by atoms with E-state index >= 15 is 0 Å². The van der Waals surface area contributed by atoms with Crippen LogP contribution in [0.3, 0.4) is 0 Å². The average Bonchev–Trinajstić information content (AvgIpc) is 2.67. The number of carboxylic acids is 1. The van der Waals surface area contributed by atoms with Crippen molar-refractivity contribution < 1.29 is 28.2 Å². The van der Waals surface area contributed by atoms with Gasteiger partial charge in [0.2, 0.25) is 0 Å². The number of likely N-dealkylation sites (tertiary alicyclic amines) is 1. The first-order valence-electron chi connectivity index (χ1n) is 6.54. The molecular formula is C12H18F3NO3. The lowest BCUT2D eigenvalue weighted by Crippen LogP contribution is -2.49. The van der Waals surface area contributed by atoms with Crippen molar-refractivity contribution in [1.82, 2.24) is 4.90 Å². The maximum absolute atomic E-state index is 12.4. The molecular weight excluding hydrogens is 263 g/mol. The number of carbonyl (C=O) groups is 1. The van der Waals surface area contributed by atoms with Crippen LogP contribution < -0.4 is 0 Å². The van der Waals surface area contributed by atoms with Gasteiger partial charge in [-0.2, -0.15) is 13.2 Å². The molecule has 4 nitrogen and oxygen atoms in total. The quantitative estimate of drug-likeness (QED) is 0.825. The fourth-order valence-electron chi connectivity index (χ4n) is 3.36. The first kappa shape index (κ1) is 14.6. The maximum atomic E-state index is 12.4. The van der Waals surface area contributed by atoms with Crippen LogP contribution >= 0.6 is 0 Å². The van der Waals surface area contributed by atoms with E-state index in [1.54, 1.807) is 0 Å². The Morgan fingerprint density at radius 3 is 2.53 bits per heavy atom. The molecule has 19 heavy (non-hydrogen) atoms. The largest absolute Gasteiger partial charge is 0.480 e. The third-order valence-corrected chi connectivity index (χ3v) is 4.27. The molecule has 7 heteroatoms. The second-order valence-electron chi connectivity index (χ2n) is 5.46. The van der Waals surface area contributed by atoms with E-state index in [0.717, 1.165) is 25.7 Å². The zero-order valence-corrected chi connectivity index (χ0v) is 10.4. The van der Waals surface area contributed by atoms with Crippen molar-refractivity contribution in [2.75, 3.05) is 6.54 Å². The summed E-state index contributed by atoms with van der Waals surface area (Å²) in [4.78, 5) is 12.5. The van der Waals surface area contributed by atoms with Gasteiger partial charge in [0.1, 0.15) is 6.04 Å². The molecule has 0 spiro atoms. The molecule has 2 N–H and O–H groups in total. The summed E-state index contributed by atoms with van der Waals surface area (Å²) in [6.07, 6.45) is -3.28. The lowest BCUT2D eigenvalue weighted by atomic mass is 9.84. The number of hydrogen-bond donors (Lipinski definition) is 2. The van der Waals surface area contributed by atoms with Gasteiger partial charge in [0, 0.05) is 12.6 Å². The number of fused-ring (bicyclic) bond motifs is 1. The van der Waals surface area contributed by atoms with Crippen molar-refractivity contribution in [2.45, 2.75) is 56.5 Å². The minimum absolute atomic E-state index is 0.133. The topological polar surface area (TPSA) is 60.8 Å². The zero-order chi connectivity index (χ0) is 14.2. The molecule has 4 atom stereocenters. The average molecular weight is 281 g/mol. The SMILES string of the molecule is O=C(O)C1CC2CCCCC2N1CC(O)C(F)(F)F. The van der Waals surface area contributed by atoms with Crippen molar-refractivity contribution in [3.8, 4) is 0 Å². The van der Waals surface area contributed by atoms with E-state index in [0.29, 0.717) is 6.42 Å². The van der Waals surface area contributed by atoms with Crippen LogP contribution in [0.4, 0.5) is 13.2 Å². The van der Waals surface area contributed by atoms with Crippen molar-refractivity contribution >= 4 is 5.97 Å². The summed E-state index contributed by atoms with van der Waals surface area (Å²) in [7, 11) is 0. The summed E-state index contributed by atoms with van der Waals surface area (Å²) in [5.41, 5.74) is 0. The van der Waals surface area contributed by atoms with Crippen LogP contribution in [0, 0.1) is 5.92 Å². The molecule has 0 aromatic carbocycles. The van der Waals surface area contributed by atoms with Crippen LogP contribution in [0.15, 0.2) is 0 Å². The Hall–Kier alpha value is -0.820. The van der Waals surface area contributed by atoms with Gasteiger partial charge in [-0.3, -0.25) is 9.69 Å². The summed E-state index contributed by atoms with van der Waals surface area (Å²) < 4.78 is 37.3. The van der Waals surface area contributed by atoms with E-state index in [4.69, 9.17) is 5.11 Å². The Kier molecular flexibility index (Phi) is 4.06. The van der Waals surface area contributed by atoms with Gasteiger partial charge in [-0.1, -0.05) is 12.8 Å². The molecule has 1 aliphatic heterocycles. The first-order valence-corrected chi connectivity index (χ1v) is 6.54. The van der Waals surface area contributed by atoms with Gasteiger partial charge in [0.25, 0.3) is 0 Å². The molecule has 0 aromatic heterocycles. The summed E-state index contributed by atoms with van der Waals surface area (Å²) in [5.74, 6) is -0.945. The van der Waals surface area contributed by atoms with Crippen LogP contribution in [0.1, 0.15) is 32.1 Å². The number of hydrogen-bond acceptors (Lipinski definition) is 3. The normalized spacial score (nSPS) is 34.0. The van der Waals surface area contributed by atoms with Gasteiger partial charge in [-0.05, 0) is 25.2 Å². The molecule has 2 rings (SSSR count). The Morgan fingerprint density at radius 2 is 1.95 bits per heavy atom. The highest BCUT2D eigenvalue weighted by molar-refractivity contribution is 5.74. The second kappa shape index (κ2) is 5.28. The van der Waals surface area contributed by atoms with Crippen molar-refractivity contribution in [3.05, 3.63) is 0 Å². The third kappa shape index (κ3) is 3.02. The molecule has 1 aliphatic carbocycles. The van der Waals surface area contributed by atoms with Crippen molar-refractivity contribution in [2.24, 2.45) is 5.92 Å². The van der Waals surface area contributed by atoms with Crippen molar-refractivity contribution in [3.63, 3.8) is 0 Å². The van der Waals surface area contributed by atoms with E-state index in [9.17, 15) is 23.1 Å². The second-order valence-corrected chi connectivity index (χ2v) is 5.46. The highest BCUT2D eigenvalue weighted by atomic mass is 19.4. The summed E-state index contributed by atoms with van der Waals surface area (Å²) in [6, 6.07) is -1.03. The Labute approximate surface area is 109 Å². The van der Waals surface area contributed by atoms with Gasteiger partial charge in [-0.15, -0.1) is 0 Å².